The van der Waals surface area contributed by atoms with Crippen LogP contribution in [0.25, 0.3) is 0 Å². The fraction of sp³-hybridized carbons (Fsp3) is 0.385. The van der Waals surface area contributed by atoms with Gasteiger partial charge in [0.1, 0.15) is 5.75 Å². The molecule has 2 nitrogen and oxygen atoms in total. The predicted octanol–water partition coefficient (Wildman–Crippen LogP) is 3.51. The molecule has 0 fully saturated rings. The highest BCUT2D eigenvalue weighted by Gasteiger charge is 2.13. The van der Waals surface area contributed by atoms with Gasteiger partial charge in [-0.2, -0.15) is 8.78 Å². The molecule has 0 amide bonds. The third-order valence-corrected chi connectivity index (χ3v) is 2.40. The highest BCUT2D eigenvalue weighted by Crippen LogP contribution is 2.26. The van der Waals surface area contributed by atoms with E-state index in [0.717, 1.165) is 18.5 Å². The number of hydrogen-bond acceptors (Lipinski definition) is 2. The van der Waals surface area contributed by atoms with Gasteiger partial charge in [0, 0.05) is 11.6 Å². The van der Waals surface area contributed by atoms with Crippen LogP contribution < -0.4 is 10.1 Å². The molecule has 0 aromatic heterocycles. The number of nitrogens with one attached hydrogen (secondary N) is 1. The van der Waals surface area contributed by atoms with Gasteiger partial charge < -0.3 is 10.1 Å². The van der Waals surface area contributed by atoms with Crippen LogP contribution in [0.1, 0.15) is 24.9 Å². The van der Waals surface area contributed by atoms with E-state index >= 15 is 0 Å². The van der Waals surface area contributed by atoms with Crippen LogP contribution in [0.4, 0.5) is 8.78 Å². The maximum Gasteiger partial charge on any atom is 0.387 e. The topological polar surface area (TPSA) is 21.3 Å². The first-order chi connectivity index (χ1) is 8.15. The molecule has 0 bridgehead atoms. The molecule has 0 aliphatic heterocycles. The van der Waals surface area contributed by atoms with Gasteiger partial charge in [-0.05, 0) is 26.0 Å². The quantitative estimate of drug-likeness (QED) is 0.582. The minimum Gasteiger partial charge on any atom is -0.434 e. The maximum atomic E-state index is 12.2. The van der Waals surface area contributed by atoms with Crippen molar-refractivity contribution >= 4 is 0 Å². The smallest absolute Gasteiger partial charge is 0.387 e. The summed E-state index contributed by atoms with van der Waals surface area (Å²) in [6.07, 6.45) is 2.64. The zero-order valence-electron chi connectivity index (χ0n) is 9.83. The van der Waals surface area contributed by atoms with Gasteiger partial charge in [0.25, 0.3) is 0 Å². The maximum absolute atomic E-state index is 12.2. The van der Waals surface area contributed by atoms with Crippen LogP contribution in [-0.2, 0) is 0 Å². The van der Waals surface area contributed by atoms with Crippen molar-refractivity contribution in [2.75, 3.05) is 6.54 Å². The lowest BCUT2D eigenvalue weighted by molar-refractivity contribution is -0.0506. The molecule has 4 heteroatoms. The van der Waals surface area contributed by atoms with E-state index in [-0.39, 0.29) is 11.8 Å². The normalized spacial score (nSPS) is 12.5. The van der Waals surface area contributed by atoms with E-state index in [2.05, 4.69) is 16.6 Å². The van der Waals surface area contributed by atoms with Crippen molar-refractivity contribution in [1.29, 1.82) is 0 Å². The average Bonchev–Trinajstić information content (AvgIpc) is 2.29. The minimum absolute atomic E-state index is 0.0371. The van der Waals surface area contributed by atoms with Gasteiger partial charge in [-0.25, -0.2) is 0 Å². The highest BCUT2D eigenvalue weighted by atomic mass is 19.3. The highest BCUT2D eigenvalue weighted by molar-refractivity contribution is 5.35. The Hall–Kier alpha value is -1.42. The number of hydrogen-bond donors (Lipinski definition) is 1. The van der Waals surface area contributed by atoms with Crippen molar-refractivity contribution in [2.45, 2.75) is 26.0 Å². The Balaban J connectivity index is 2.70. The average molecular weight is 241 g/mol. The van der Waals surface area contributed by atoms with Gasteiger partial charge in [0.15, 0.2) is 0 Å². The van der Waals surface area contributed by atoms with Crippen LogP contribution in [0.3, 0.4) is 0 Å². The third kappa shape index (κ3) is 4.53. The van der Waals surface area contributed by atoms with Crippen molar-refractivity contribution in [3.05, 3.63) is 42.5 Å². The number of benzene rings is 1. The summed E-state index contributed by atoms with van der Waals surface area (Å²) in [5, 5.41) is 3.22. The first kappa shape index (κ1) is 13.6. The number of alkyl halides is 2. The second-order valence-corrected chi connectivity index (χ2v) is 3.67. The van der Waals surface area contributed by atoms with Gasteiger partial charge in [0.2, 0.25) is 0 Å². The molecule has 0 aliphatic carbocycles. The lowest BCUT2D eigenvalue weighted by atomic mass is 10.1. The van der Waals surface area contributed by atoms with Crippen LogP contribution >= 0.6 is 0 Å². The summed E-state index contributed by atoms with van der Waals surface area (Å²) in [6, 6.07) is 6.78. The molecule has 17 heavy (non-hydrogen) atoms. The molecule has 1 rings (SSSR count). The van der Waals surface area contributed by atoms with Crippen molar-refractivity contribution in [2.24, 2.45) is 0 Å². The number of ether oxygens (including phenoxy) is 1. The summed E-state index contributed by atoms with van der Waals surface area (Å²) in [7, 11) is 0. The first-order valence-electron chi connectivity index (χ1n) is 5.53. The number of halogens is 2. The van der Waals surface area contributed by atoms with Gasteiger partial charge in [-0.3, -0.25) is 0 Å². The van der Waals surface area contributed by atoms with Gasteiger partial charge >= 0.3 is 6.61 Å². The molecule has 0 saturated carbocycles. The second kappa shape index (κ2) is 7.01. The van der Waals surface area contributed by atoms with E-state index in [1.165, 1.54) is 0 Å². The standard InChI is InChI=1S/C13H17F2NO/c1-3-4-9-16-10(2)11-7-5-6-8-12(11)17-13(14)15/h3,5-8,10,13,16H,1,4,9H2,2H3. The largest absolute Gasteiger partial charge is 0.434 e. The van der Waals surface area contributed by atoms with E-state index in [1.807, 2.05) is 6.92 Å². The van der Waals surface area contributed by atoms with Crippen LogP contribution in [0.5, 0.6) is 5.75 Å². The first-order valence-corrected chi connectivity index (χ1v) is 5.53. The number of para-hydroxylation sites is 1. The molecule has 0 spiro atoms. The van der Waals surface area contributed by atoms with E-state index < -0.39 is 6.61 Å². The molecule has 0 heterocycles. The second-order valence-electron chi connectivity index (χ2n) is 3.67. The Morgan fingerprint density at radius 2 is 2.12 bits per heavy atom. The molecular weight excluding hydrogens is 224 g/mol. The van der Waals surface area contributed by atoms with Gasteiger partial charge in [-0.1, -0.05) is 24.3 Å². The van der Waals surface area contributed by atoms with Crippen molar-refractivity contribution in [3.63, 3.8) is 0 Å². The molecule has 1 atom stereocenters. The van der Waals surface area contributed by atoms with Crippen LogP contribution in [0.2, 0.25) is 0 Å². The Kier molecular flexibility index (Phi) is 5.63. The monoisotopic (exact) mass is 241 g/mol. The summed E-state index contributed by atoms with van der Waals surface area (Å²) in [5.41, 5.74) is 0.733. The molecule has 1 unspecified atom stereocenters. The summed E-state index contributed by atoms with van der Waals surface area (Å²) in [5.74, 6) is 0.223. The number of rotatable bonds is 7. The van der Waals surface area contributed by atoms with E-state index in [9.17, 15) is 8.78 Å². The minimum atomic E-state index is -2.79. The Labute approximate surface area is 100 Å². The molecule has 1 aromatic rings. The Morgan fingerprint density at radius 3 is 2.76 bits per heavy atom. The van der Waals surface area contributed by atoms with Crippen molar-refractivity contribution in [1.82, 2.24) is 5.32 Å². The molecule has 0 radical (unpaired) electrons. The molecule has 0 aliphatic rings. The lowest BCUT2D eigenvalue weighted by Gasteiger charge is -2.17. The Bertz CT molecular complexity index is 355. The molecule has 1 aromatic carbocycles. The molecule has 1 N–H and O–H groups in total. The summed E-state index contributed by atoms with van der Waals surface area (Å²) in [6.45, 7) is 3.50. The SMILES string of the molecule is C=CCCNC(C)c1ccccc1OC(F)F. The summed E-state index contributed by atoms with van der Waals surface area (Å²) >= 11 is 0. The van der Waals surface area contributed by atoms with Crippen molar-refractivity contribution < 1.29 is 13.5 Å². The molecule has 94 valence electrons. The van der Waals surface area contributed by atoms with Crippen LogP contribution in [0.15, 0.2) is 36.9 Å². The third-order valence-electron chi connectivity index (χ3n) is 2.40. The molecular formula is C13H17F2NO. The van der Waals surface area contributed by atoms with Crippen LogP contribution in [0, 0.1) is 0 Å². The predicted molar refractivity (Wildman–Crippen MR) is 64.3 cm³/mol. The van der Waals surface area contributed by atoms with E-state index in [1.54, 1.807) is 30.3 Å². The Morgan fingerprint density at radius 1 is 1.41 bits per heavy atom. The zero-order valence-corrected chi connectivity index (χ0v) is 9.83. The lowest BCUT2D eigenvalue weighted by Crippen LogP contribution is -2.20. The fourth-order valence-electron chi connectivity index (χ4n) is 1.55. The summed E-state index contributed by atoms with van der Waals surface area (Å²) in [4.78, 5) is 0. The summed E-state index contributed by atoms with van der Waals surface area (Å²) < 4.78 is 28.9. The van der Waals surface area contributed by atoms with E-state index in [4.69, 9.17) is 0 Å². The van der Waals surface area contributed by atoms with Crippen LogP contribution in [-0.4, -0.2) is 13.2 Å². The van der Waals surface area contributed by atoms with Crippen molar-refractivity contribution in [3.8, 4) is 5.75 Å². The van der Waals surface area contributed by atoms with Gasteiger partial charge in [0.05, 0.1) is 0 Å². The molecule has 0 saturated heterocycles. The van der Waals surface area contributed by atoms with E-state index in [0.29, 0.717) is 0 Å². The van der Waals surface area contributed by atoms with Gasteiger partial charge in [-0.15, -0.1) is 6.58 Å². The fourth-order valence-corrected chi connectivity index (χ4v) is 1.55. The zero-order chi connectivity index (χ0) is 12.7.